The number of anilines is 1. The van der Waals surface area contributed by atoms with Crippen LogP contribution in [0.4, 0.5) is 5.82 Å². The molecule has 2 aromatic rings. The van der Waals surface area contributed by atoms with E-state index in [2.05, 4.69) is 41.5 Å². The first kappa shape index (κ1) is 9.64. The molecule has 1 saturated carbocycles. The maximum Gasteiger partial charge on any atom is 0.127 e. The van der Waals surface area contributed by atoms with Crippen LogP contribution in [0.1, 0.15) is 26.2 Å². The van der Waals surface area contributed by atoms with Crippen LogP contribution in [0.5, 0.6) is 0 Å². The summed E-state index contributed by atoms with van der Waals surface area (Å²) in [5, 5.41) is 4.74. The van der Waals surface area contributed by atoms with Gasteiger partial charge in [-0.05, 0) is 44.4 Å². The van der Waals surface area contributed by atoms with Crippen LogP contribution < -0.4 is 5.32 Å². The Balaban J connectivity index is 1.93. The number of nitrogens with one attached hydrogen (secondary N) is 1. The van der Waals surface area contributed by atoms with Gasteiger partial charge in [0, 0.05) is 10.9 Å². The van der Waals surface area contributed by atoms with Crippen molar-refractivity contribution in [1.29, 1.82) is 0 Å². The Labute approximate surface area is 95.7 Å². The molecule has 0 spiro atoms. The van der Waals surface area contributed by atoms with Gasteiger partial charge in [-0.2, -0.15) is 0 Å². The Bertz CT molecular complexity index is 515. The molecular weight excluding hydrogens is 196 g/mol. The number of aromatic nitrogens is 1. The molecule has 82 valence electrons. The molecule has 0 aliphatic heterocycles. The van der Waals surface area contributed by atoms with Crippen molar-refractivity contribution in [3.63, 3.8) is 0 Å². The van der Waals surface area contributed by atoms with Gasteiger partial charge in [-0.25, -0.2) is 4.98 Å². The minimum atomic E-state index is 0.273. The van der Waals surface area contributed by atoms with Crippen LogP contribution in [-0.4, -0.2) is 10.5 Å². The second kappa shape index (κ2) is 3.48. The largest absolute Gasteiger partial charge is 0.365 e. The second-order valence-electron chi connectivity index (χ2n) is 4.93. The summed E-state index contributed by atoms with van der Waals surface area (Å²) >= 11 is 0. The van der Waals surface area contributed by atoms with Crippen LogP contribution in [-0.2, 0) is 0 Å². The van der Waals surface area contributed by atoms with Crippen LogP contribution >= 0.6 is 0 Å². The molecule has 1 aliphatic rings. The number of nitrogens with zero attached hydrogens (tertiary/aromatic N) is 1. The summed E-state index contributed by atoms with van der Waals surface area (Å²) in [6.45, 7) is 2.27. The fourth-order valence-corrected chi connectivity index (χ4v) is 2.28. The minimum Gasteiger partial charge on any atom is -0.365 e. The first-order chi connectivity index (χ1) is 7.75. The normalized spacial score (nSPS) is 18.1. The zero-order chi connectivity index (χ0) is 11.0. The molecule has 1 aromatic carbocycles. The van der Waals surface area contributed by atoms with E-state index in [9.17, 15) is 0 Å². The maximum absolute atomic E-state index is 4.63. The lowest BCUT2D eigenvalue weighted by Crippen LogP contribution is -2.41. The van der Waals surface area contributed by atoms with Crippen LogP contribution in [0.3, 0.4) is 0 Å². The van der Waals surface area contributed by atoms with Crippen molar-refractivity contribution in [2.45, 2.75) is 31.7 Å². The van der Waals surface area contributed by atoms with Gasteiger partial charge in [0.25, 0.3) is 0 Å². The molecule has 1 heterocycles. The summed E-state index contributed by atoms with van der Waals surface area (Å²) in [6.07, 6.45) is 3.83. The van der Waals surface area contributed by atoms with E-state index >= 15 is 0 Å². The van der Waals surface area contributed by atoms with Crippen molar-refractivity contribution in [1.82, 2.24) is 4.98 Å². The quantitative estimate of drug-likeness (QED) is 0.822. The van der Waals surface area contributed by atoms with Gasteiger partial charge in [0.1, 0.15) is 5.82 Å². The van der Waals surface area contributed by atoms with E-state index in [1.807, 2.05) is 12.1 Å². The van der Waals surface area contributed by atoms with Crippen LogP contribution in [0, 0.1) is 0 Å². The molecule has 0 saturated heterocycles. The molecular formula is C14H16N2. The smallest absolute Gasteiger partial charge is 0.127 e. The lowest BCUT2D eigenvalue weighted by molar-refractivity contribution is 0.306. The molecule has 0 atom stereocenters. The Morgan fingerprint density at radius 2 is 1.94 bits per heavy atom. The summed E-state index contributed by atoms with van der Waals surface area (Å²) in [6, 6.07) is 12.4. The first-order valence-electron chi connectivity index (χ1n) is 5.89. The molecule has 0 unspecified atom stereocenters. The van der Waals surface area contributed by atoms with E-state index in [1.165, 1.54) is 24.6 Å². The maximum atomic E-state index is 4.63. The highest BCUT2D eigenvalue weighted by Crippen LogP contribution is 2.34. The van der Waals surface area contributed by atoms with Crippen LogP contribution in [0.2, 0.25) is 0 Å². The zero-order valence-electron chi connectivity index (χ0n) is 9.53. The number of benzene rings is 1. The van der Waals surface area contributed by atoms with Crippen LogP contribution in [0.25, 0.3) is 10.9 Å². The highest BCUT2D eigenvalue weighted by Gasteiger charge is 2.31. The van der Waals surface area contributed by atoms with Gasteiger partial charge >= 0.3 is 0 Å². The Hall–Kier alpha value is -1.57. The molecule has 0 bridgehead atoms. The van der Waals surface area contributed by atoms with E-state index in [-0.39, 0.29) is 5.54 Å². The van der Waals surface area contributed by atoms with E-state index in [0.717, 1.165) is 11.3 Å². The molecule has 3 rings (SSSR count). The lowest BCUT2D eigenvalue weighted by atomic mass is 9.78. The SMILES string of the molecule is CC1(Nc2ccc3ccccc3n2)CCC1. The highest BCUT2D eigenvalue weighted by molar-refractivity contribution is 5.80. The number of fused-ring (bicyclic) bond motifs is 1. The number of hydrogen-bond donors (Lipinski definition) is 1. The monoisotopic (exact) mass is 212 g/mol. The fraction of sp³-hybridized carbons (Fsp3) is 0.357. The molecule has 1 fully saturated rings. The highest BCUT2D eigenvalue weighted by atomic mass is 15.1. The predicted octanol–water partition coefficient (Wildman–Crippen LogP) is 3.59. The molecule has 1 N–H and O–H groups in total. The van der Waals surface area contributed by atoms with E-state index in [0.29, 0.717) is 0 Å². The Kier molecular flexibility index (Phi) is 2.10. The number of pyridine rings is 1. The number of para-hydroxylation sites is 1. The van der Waals surface area contributed by atoms with E-state index in [1.54, 1.807) is 0 Å². The molecule has 16 heavy (non-hydrogen) atoms. The molecule has 1 aromatic heterocycles. The van der Waals surface area contributed by atoms with Crippen molar-refractivity contribution in [3.05, 3.63) is 36.4 Å². The van der Waals surface area contributed by atoms with Crippen molar-refractivity contribution >= 4 is 16.7 Å². The summed E-state index contributed by atoms with van der Waals surface area (Å²) in [7, 11) is 0. The average Bonchev–Trinajstić information content (AvgIpc) is 2.27. The summed E-state index contributed by atoms with van der Waals surface area (Å²) in [4.78, 5) is 4.63. The fourth-order valence-electron chi connectivity index (χ4n) is 2.28. The third-order valence-electron chi connectivity index (χ3n) is 3.49. The molecule has 0 amide bonds. The number of rotatable bonds is 2. The van der Waals surface area contributed by atoms with Crippen LogP contribution in [0.15, 0.2) is 36.4 Å². The third-order valence-corrected chi connectivity index (χ3v) is 3.49. The molecule has 0 radical (unpaired) electrons. The van der Waals surface area contributed by atoms with Gasteiger partial charge in [-0.1, -0.05) is 18.2 Å². The van der Waals surface area contributed by atoms with Gasteiger partial charge in [0.05, 0.1) is 5.52 Å². The first-order valence-corrected chi connectivity index (χ1v) is 5.89. The average molecular weight is 212 g/mol. The van der Waals surface area contributed by atoms with Gasteiger partial charge in [-0.3, -0.25) is 0 Å². The van der Waals surface area contributed by atoms with E-state index < -0.39 is 0 Å². The predicted molar refractivity (Wildman–Crippen MR) is 67.6 cm³/mol. The Morgan fingerprint density at radius 3 is 2.69 bits per heavy atom. The lowest BCUT2D eigenvalue weighted by Gasteiger charge is -2.39. The number of hydrogen-bond acceptors (Lipinski definition) is 2. The van der Waals surface area contributed by atoms with Gasteiger partial charge in [0.15, 0.2) is 0 Å². The van der Waals surface area contributed by atoms with Gasteiger partial charge in [0.2, 0.25) is 0 Å². The molecule has 2 heteroatoms. The van der Waals surface area contributed by atoms with Crippen molar-refractivity contribution < 1.29 is 0 Å². The molecule has 2 nitrogen and oxygen atoms in total. The zero-order valence-corrected chi connectivity index (χ0v) is 9.53. The van der Waals surface area contributed by atoms with Gasteiger partial charge in [-0.15, -0.1) is 0 Å². The second-order valence-corrected chi connectivity index (χ2v) is 4.93. The van der Waals surface area contributed by atoms with Crippen molar-refractivity contribution in [2.24, 2.45) is 0 Å². The molecule has 1 aliphatic carbocycles. The van der Waals surface area contributed by atoms with Crippen molar-refractivity contribution in [2.75, 3.05) is 5.32 Å². The third kappa shape index (κ3) is 1.64. The van der Waals surface area contributed by atoms with Gasteiger partial charge < -0.3 is 5.32 Å². The van der Waals surface area contributed by atoms with E-state index in [4.69, 9.17) is 0 Å². The minimum absolute atomic E-state index is 0.273. The summed E-state index contributed by atoms with van der Waals surface area (Å²) in [5.41, 5.74) is 1.34. The summed E-state index contributed by atoms with van der Waals surface area (Å²) < 4.78 is 0. The van der Waals surface area contributed by atoms with Crippen molar-refractivity contribution in [3.8, 4) is 0 Å². The standard InChI is InChI=1S/C14H16N2/c1-14(9-4-10-14)16-13-8-7-11-5-2-3-6-12(11)15-13/h2-3,5-8H,4,9-10H2,1H3,(H,15,16). The Morgan fingerprint density at radius 1 is 1.12 bits per heavy atom. The topological polar surface area (TPSA) is 24.9 Å². The summed E-state index contributed by atoms with van der Waals surface area (Å²) in [5.74, 6) is 1.00.